The largest absolute Gasteiger partial charge is 0.481 e. The van der Waals surface area contributed by atoms with Crippen LogP contribution >= 0.6 is 11.6 Å². The standard InChI is InChI=1S/C13H17ClN2O2/c14-10-1-3-12(4-2-10)16-7-9(6-13(17)18)5-11(15)8-16/h1-4,9,11H,5-8,15H2,(H,17,18). The predicted octanol–water partition coefficient (Wildman–Crippen LogP) is 1.97. The fraction of sp³-hybridized carbons (Fsp3) is 0.462. The molecule has 1 aromatic rings. The maximum absolute atomic E-state index is 10.8. The van der Waals surface area contributed by atoms with E-state index < -0.39 is 5.97 Å². The summed E-state index contributed by atoms with van der Waals surface area (Å²) >= 11 is 5.86. The lowest BCUT2D eigenvalue weighted by atomic mass is 9.91. The third-order valence-electron chi connectivity index (χ3n) is 3.22. The zero-order chi connectivity index (χ0) is 13.1. The van der Waals surface area contributed by atoms with Crippen molar-refractivity contribution in [3.05, 3.63) is 29.3 Å². The molecule has 1 aliphatic heterocycles. The molecule has 3 N–H and O–H groups in total. The van der Waals surface area contributed by atoms with E-state index in [1.54, 1.807) is 0 Å². The second-order valence-corrected chi connectivity index (χ2v) is 5.28. The molecule has 0 aliphatic carbocycles. The monoisotopic (exact) mass is 268 g/mol. The van der Waals surface area contributed by atoms with Crippen LogP contribution in [0.15, 0.2) is 24.3 Å². The van der Waals surface area contributed by atoms with E-state index in [1.807, 2.05) is 24.3 Å². The number of anilines is 1. The van der Waals surface area contributed by atoms with Gasteiger partial charge in [-0.05, 0) is 36.6 Å². The van der Waals surface area contributed by atoms with Crippen LogP contribution in [0.5, 0.6) is 0 Å². The highest BCUT2D eigenvalue weighted by Crippen LogP contribution is 2.25. The van der Waals surface area contributed by atoms with Gasteiger partial charge in [-0.15, -0.1) is 0 Å². The number of nitrogens with zero attached hydrogens (tertiary/aromatic N) is 1. The molecule has 0 aromatic heterocycles. The van der Waals surface area contributed by atoms with Gasteiger partial charge in [0.1, 0.15) is 0 Å². The van der Waals surface area contributed by atoms with Crippen LogP contribution in [0, 0.1) is 5.92 Å². The van der Waals surface area contributed by atoms with Crippen molar-refractivity contribution in [1.82, 2.24) is 0 Å². The number of piperidine rings is 1. The van der Waals surface area contributed by atoms with Crippen molar-refractivity contribution in [1.29, 1.82) is 0 Å². The Morgan fingerprint density at radius 3 is 2.67 bits per heavy atom. The molecule has 0 spiro atoms. The summed E-state index contributed by atoms with van der Waals surface area (Å²) in [7, 11) is 0. The maximum Gasteiger partial charge on any atom is 0.303 e. The summed E-state index contributed by atoms with van der Waals surface area (Å²) < 4.78 is 0. The molecule has 1 aliphatic rings. The molecular formula is C13H17ClN2O2. The van der Waals surface area contributed by atoms with Crippen molar-refractivity contribution in [2.45, 2.75) is 18.9 Å². The van der Waals surface area contributed by atoms with E-state index in [-0.39, 0.29) is 18.4 Å². The van der Waals surface area contributed by atoms with Crippen molar-refractivity contribution in [3.63, 3.8) is 0 Å². The van der Waals surface area contributed by atoms with E-state index in [4.69, 9.17) is 22.4 Å². The lowest BCUT2D eigenvalue weighted by Crippen LogP contribution is -2.47. The first-order chi connectivity index (χ1) is 8.54. The summed E-state index contributed by atoms with van der Waals surface area (Å²) in [5, 5.41) is 9.56. The molecule has 4 nitrogen and oxygen atoms in total. The summed E-state index contributed by atoms with van der Waals surface area (Å²) in [6, 6.07) is 7.59. The van der Waals surface area contributed by atoms with E-state index >= 15 is 0 Å². The highest BCUT2D eigenvalue weighted by Gasteiger charge is 2.26. The number of hydrogen-bond donors (Lipinski definition) is 2. The van der Waals surface area contributed by atoms with Crippen molar-refractivity contribution in [2.24, 2.45) is 11.7 Å². The molecule has 2 atom stereocenters. The predicted molar refractivity (Wildman–Crippen MR) is 72.0 cm³/mol. The lowest BCUT2D eigenvalue weighted by molar-refractivity contribution is -0.138. The second kappa shape index (κ2) is 5.59. The number of carboxylic acid groups (broad SMARTS) is 1. The Balaban J connectivity index is 2.08. The topological polar surface area (TPSA) is 66.6 Å². The molecule has 0 amide bonds. The van der Waals surface area contributed by atoms with Crippen LogP contribution in [-0.2, 0) is 4.79 Å². The van der Waals surface area contributed by atoms with Crippen molar-refractivity contribution in [3.8, 4) is 0 Å². The third kappa shape index (κ3) is 3.37. The minimum Gasteiger partial charge on any atom is -0.481 e. The van der Waals surface area contributed by atoms with Gasteiger partial charge in [0.2, 0.25) is 0 Å². The zero-order valence-electron chi connectivity index (χ0n) is 10.1. The third-order valence-corrected chi connectivity index (χ3v) is 3.48. The molecule has 1 aromatic carbocycles. The summed E-state index contributed by atoms with van der Waals surface area (Å²) in [5.74, 6) is -0.646. The Labute approximate surface area is 111 Å². The minimum absolute atomic E-state index is 0.0266. The number of carboxylic acids is 1. The molecule has 18 heavy (non-hydrogen) atoms. The molecule has 1 saturated heterocycles. The molecule has 2 unspecified atom stereocenters. The Morgan fingerprint density at radius 2 is 2.06 bits per heavy atom. The van der Waals surface area contributed by atoms with Crippen LogP contribution < -0.4 is 10.6 Å². The molecule has 1 heterocycles. The van der Waals surface area contributed by atoms with E-state index in [1.165, 1.54) is 0 Å². The summed E-state index contributed by atoms with van der Waals surface area (Å²) in [4.78, 5) is 12.9. The minimum atomic E-state index is -0.759. The Hall–Kier alpha value is -1.26. The van der Waals surface area contributed by atoms with Crippen LogP contribution in [0.2, 0.25) is 5.02 Å². The molecular weight excluding hydrogens is 252 g/mol. The summed E-state index contributed by atoms with van der Waals surface area (Å²) in [6.45, 7) is 1.50. The fourth-order valence-electron chi connectivity index (χ4n) is 2.50. The van der Waals surface area contributed by atoms with Crippen molar-refractivity contribution >= 4 is 23.3 Å². The van der Waals surface area contributed by atoms with E-state index in [0.717, 1.165) is 25.2 Å². The first-order valence-corrected chi connectivity index (χ1v) is 6.40. The van der Waals surface area contributed by atoms with Gasteiger partial charge in [-0.2, -0.15) is 0 Å². The lowest BCUT2D eigenvalue weighted by Gasteiger charge is -2.37. The van der Waals surface area contributed by atoms with Crippen LogP contribution in [-0.4, -0.2) is 30.2 Å². The second-order valence-electron chi connectivity index (χ2n) is 4.84. The number of nitrogens with two attached hydrogens (primary N) is 1. The smallest absolute Gasteiger partial charge is 0.303 e. The van der Waals surface area contributed by atoms with Gasteiger partial charge < -0.3 is 15.7 Å². The SMILES string of the molecule is NC1CC(CC(=O)O)CN(c2ccc(Cl)cc2)C1. The van der Waals surface area contributed by atoms with Crippen molar-refractivity contribution in [2.75, 3.05) is 18.0 Å². The Morgan fingerprint density at radius 1 is 1.39 bits per heavy atom. The molecule has 0 saturated carbocycles. The molecule has 1 fully saturated rings. The van der Waals surface area contributed by atoms with Crippen LogP contribution in [0.25, 0.3) is 0 Å². The molecule has 0 radical (unpaired) electrons. The number of hydrogen-bond acceptors (Lipinski definition) is 3. The highest BCUT2D eigenvalue weighted by molar-refractivity contribution is 6.30. The van der Waals surface area contributed by atoms with Crippen molar-refractivity contribution < 1.29 is 9.90 Å². The summed E-state index contributed by atoms with van der Waals surface area (Å²) in [5.41, 5.74) is 7.04. The number of halogens is 1. The van der Waals surface area contributed by atoms with Gasteiger partial charge in [-0.1, -0.05) is 11.6 Å². The van der Waals surface area contributed by atoms with Gasteiger partial charge >= 0.3 is 5.97 Å². The van der Waals surface area contributed by atoms with Gasteiger partial charge in [0, 0.05) is 36.3 Å². The number of rotatable bonds is 3. The van der Waals surface area contributed by atoms with E-state index in [0.29, 0.717) is 5.02 Å². The number of aliphatic carboxylic acids is 1. The Kier molecular flexibility index (Phi) is 4.09. The fourth-order valence-corrected chi connectivity index (χ4v) is 2.63. The van der Waals surface area contributed by atoms with Crippen LogP contribution in [0.4, 0.5) is 5.69 Å². The first kappa shape index (κ1) is 13.2. The Bertz CT molecular complexity index is 422. The molecule has 0 bridgehead atoms. The molecule has 5 heteroatoms. The van der Waals surface area contributed by atoms with Gasteiger partial charge in [-0.3, -0.25) is 4.79 Å². The van der Waals surface area contributed by atoms with Gasteiger partial charge in [0.15, 0.2) is 0 Å². The van der Waals surface area contributed by atoms with Crippen LogP contribution in [0.3, 0.4) is 0 Å². The van der Waals surface area contributed by atoms with E-state index in [9.17, 15) is 4.79 Å². The van der Waals surface area contributed by atoms with Gasteiger partial charge in [0.05, 0.1) is 0 Å². The van der Waals surface area contributed by atoms with Gasteiger partial charge in [0.25, 0.3) is 0 Å². The number of carbonyl (C=O) groups is 1. The molecule has 98 valence electrons. The zero-order valence-corrected chi connectivity index (χ0v) is 10.8. The van der Waals surface area contributed by atoms with Crippen LogP contribution in [0.1, 0.15) is 12.8 Å². The summed E-state index contributed by atoms with van der Waals surface area (Å²) in [6.07, 6.45) is 0.953. The maximum atomic E-state index is 10.8. The first-order valence-electron chi connectivity index (χ1n) is 6.02. The quantitative estimate of drug-likeness (QED) is 0.880. The van der Waals surface area contributed by atoms with Gasteiger partial charge in [-0.25, -0.2) is 0 Å². The van der Waals surface area contributed by atoms with E-state index in [2.05, 4.69) is 4.90 Å². The average Bonchev–Trinajstić information content (AvgIpc) is 2.28. The number of benzene rings is 1. The normalized spacial score (nSPS) is 24.0. The molecule has 2 rings (SSSR count). The average molecular weight is 269 g/mol. The highest BCUT2D eigenvalue weighted by atomic mass is 35.5.